The van der Waals surface area contributed by atoms with E-state index in [1.54, 1.807) is 25.1 Å². The highest BCUT2D eigenvalue weighted by molar-refractivity contribution is 5.37. The largest absolute Gasteiger partial charge is 0.491 e. The van der Waals surface area contributed by atoms with Crippen LogP contribution in [0, 0.1) is 5.92 Å². The van der Waals surface area contributed by atoms with Crippen LogP contribution in [0.25, 0.3) is 0 Å². The molecule has 1 unspecified atom stereocenters. The third-order valence-electron chi connectivity index (χ3n) is 5.55. The number of halogens is 6. The van der Waals surface area contributed by atoms with E-state index >= 15 is 0 Å². The number of rotatable bonds is 11. The Morgan fingerprint density at radius 3 is 1.82 bits per heavy atom. The summed E-state index contributed by atoms with van der Waals surface area (Å²) in [5, 5.41) is 28.2. The normalized spacial score (nSPS) is 13.4. The molecule has 190 valence electrons. The first-order chi connectivity index (χ1) is 15.9. The summed E-state index contributed by atoms with van der Waals surface area (Å²) in [6, 6.07) is 10.4. The van der Waals surface area contributed by atoms with Crippen LogP contribution in [0.3, 0.4) is 0 Å². The predicted octanol–water partition coefficient (Wildman–Crippen LogP) is 4.89. The van der Waals surface area contributed by atoms with E-state index in [2.05, 4.69) is 0 Å². The maximum absolute atomic E-state index is 12.8. The van der Waals surface area contributed by atoms with Crippen molar-refractivity contribution in [2.75, 3.05) is 6.61 Å². The molecular formula is C24H28F6O4. The minimum atomic E-state index is -5.64. The molecule has 2 rings (SSSR count). The first-order valence-electron chi connectivity index (χ1n) is 10.8. The summed E-state index contributed by atoms with van der Waals surface area (Å²) < 4.78 is 81.7. The molecule has 0 spiro atoms. The summed E-state index contributed by atoms with van der Waals surface area (Å²) in [7, 11) is 0. The van der Waals surface area contributed by atoms with Crippen molar-refractivity contribution in [1.29, 1.82) is 0 Å². The summed E-state index contributed by atoms with van der Waals surface area (Å²) in [6.07, 6.45) is -11.5. The van der Waals surface area contributed by atoms with Gasteiger partial charge in [0.2, 0.25) is 0 Å². The lowest BCUT2D eigenvalue weighted by molar-refractivity contribution is -0.308. The molecular weight excluding hydrogens is 466 g/mol. The Kier molecular flexibility index (Phi) is 9.78. The SMILES string of the molecule is CCc1cc(CCCc2ccc(CO)c(CO)c2)ccc1OCC(O)C(C(F)(F)F)C(F)(F)F. The third kappa shape index (κ3) is 7.61. The number of ether oxygens (including phenoxy) is 1. The van der Waals surface area contributed by atoms with Gasteiger partial charge in [-0.15, -0.1) is 0 Å². The number of benzene rings is 2. The predicted molar refractivity (Wildman–Crippen MR) is 113 cm³/mol. The standard InChI is InChI=1S/C24H28F6O4/c1-2-17-10-16(5-3-4-15-6-8-18(12-31)19(11-15)13-32)7-9-21(17)34-14-20(33)22(23(25,26)27)24(28,29)30/h6-11,20,22,31-33H,2-5,12-14H2,1H3. The molecule has 0 aromatic heterocycles. The van der Waals surface area contributed by atoms with Crippen LogP contribution in [0.4, 0.5) is 26.3 Å². The molecule has 0 aliphatic rings. The van der Waals surface area contributed by atoms with Gasteiger partial charge in [0.15, 0.2) is 5.92 Å². The van der Waals surface area contributed by atoms with Gasteiger partial charge in [-0.3, -0.25) is 0 Å². The van der Waals surface area contributed by atoms with Crippen LogP contribution in [0.15, 0.2) is 36.4 Å². The summed E-state index contributed by atoms with van der Waals surface area (Å²) in [6.45, 7) is 0.295. The fraction of sp³-hybridized carbons (Fsp3) is 0.500. The van der Waals surface area contributed by atoms with Gasteiger partial charge in [-0.25, -0.2) is 0 Å². The van der Waals surface area contributed by atoms with Gasteiger partial charge in [-0.1, -0.05) is 37.3 Å². The summed E-state index contributed by atoms with van der Waals surface area (Å²) in [4.78, 5) is 0. The fourth-order valence-corrected chi connectivity index (χ4v) is 3.73. The van der Waals surface area contributed by atoms with Gasteiger partial charge in [-0.05, 0) is 59.6 Å². The minimum absolute atomic E-state index is 0.126. The van der Waals surface area contributed by atoms with E-state index in [4.69, 9.17) is 4.74 Å². The van der Waals surface area contributed by atoms with Gasteiger partial charge in [-0.2, -0.15) is 26.3 Å². The van der Waals surface area contributed by atoms with Crippen LogP contribution in [0.5, 0.6) is 5.75 Å². The lowest BCUT2D eigenvalue weighted by Crippen LogP contribution is -2.47. The highest BCUT2D eigenvalue weighted by Gasteiger charge is 2.60. The second kappa shape index (κ2) is 11.9. The minimum Gasteiger partial charge on any atom is -0.491 e. The van der Waals surface area contributed by atoms with Crippen molar-refractivity contribution >= 4 is 0 Å². The summed E-state index contributed by atoms with van der Waals surface area (Å²) >= 11 is 0. The Balaban J connectivity index is 2.00. The van der Waals surface area contributed by atoms with Gasteiger partial charge >= 0.3 is 12.4 Å². The van der Waals surface area contributed by atoms with Crippen LogP contribution < -0.4 is 4.74 Å². The van der Waals surface area contributed by atoms with E-state index in [9.17, 15) is 41.7 Å². The van der Waals surface area contributed by atoms with Crippen molar-refractivity contribution in [3.05, 3.63) is 64.2 Å². The van der Waals surface area contributed by atoms with Crippen molar-refractivity contribution in [2.45, 2.75) is 64.3 Å². The van der Waals surface area contributed by atoms with Crippen LogP contribution in [0.1, 0.15) is 41.2 Å². The average Bonchev–Trinajstić information content (AvgIpc) is 2.75. The van der Waals surface area contributed by atoms with Crippen molar-refractivity contribution < 1.29 is 46.4 Å². The molecule has 4 nitrogen and oxygen atoms in total. The first kappa shape index (κ1) is 27.9. The molecule has 2 aromatic rings. The molecule has 0 amide bonds. The number of aliphatic hydroxyl groups excluding tert-OH is 3. The lowest BCUT2D eigenvalue weighted by Gasteiger charge is -2.27. The molecule has 0 heterocycles. The molecule has 1 atom stereocenters. The fourth-order valence-electron chi connectivity index (χ4n) is 3.73. The highest BCUT2D eigenvalue weighted by atomic mass is 19.4. The van der Waals surface area contributed by atoms with Crippen LogP contribution in [-0.2, 0) is 32.5 Å². The molecule has 0 saturated carbocycles. The van der Waals surface area contributed by atoms with E-state index < -0.39 is 31.0 Å². The van der Waals surface area contributed by atoms with E-state index in [1.807, 2.05) is 12.1 Å². The number of aryl methyl sites for hydroxylation is 3. The van der Waals surface area contributed by atoms with E-state index in [0.717, 1.165) is 17.5 Å². The van der Waals surface area contributed by atoms with Gasteiger partial charge in [0.05, 0.1) is 13.2 Å². The third-order valence-corrected chi connectivity index (χ3v) is 5.55. The first-order valence-corrected chi connectivity index (χ1v) is 10.8. The molecule has 0 aliphatic heterocycles. The summed E-state index contributed by atoms with van der Waals surface area (Å²) in [5.41, 5.74) is 3.85. The van der Waals surface area contributed by atoms with Gasteiger partial charge in [0, 0.05) is 0 Å². The Bertz CT molecular complexity index is 913. The second-order valence-corrected chi connectivity index (χ2v) is 8.01. The van der Waals surface area contributed by atoms with Crippen LogP contribution >= 0.6 is 0 Å². The molecule has 0 fully saturated rings. The smallest absolute Gasteiger partial charge is 0.403 e. The Morgan fingerprint density at radius 1 is 0.794 bits per heavy atom. The maximum atomic E-state index is 12.8. The Morgan fingerprint density at radius 2 is 1.32 bits per heavy atom. The van der Waals surface area contributed by atoms with Gasteiger partial charge in [0.1, 0.15) is 18.5 Å². The Labute approximate surface area is 193 Å². The quantitative estimate of drug-likeness (QED) is 0.389. The summed E-state index contributed by atoms with van der Waals surface area (Å²) in [5.74, 6) is -3.76. The zero-order chi connectivity index (χ0) is 25.5. The number of aliphatic hydroxyl groups is 3. The molecule has 0 radical (unpaired) electrons. The van der Waals surface area contributed by atoms with E-state index in [1.165, 1.54) is 6.07 Å². The van der Waals surface area contributed by atoms with Crippen molar-refractivity contribution in [3.8, 4) is 5.75 Å². The second-order valence-electron chi connectivity index (χ2n) is 8.01. The van der Waals surface area contributed by atoms with Gasteiger partial charge < -0.3 is 20.1 Å². The molecule has 0 aliphatic carbocycles. The molecule has 0 bridgehead atoms. The van der Waals surface area contributed by atoms with E-state index in [-0.39, 0.29) is 19.0 Å². The zero-order valence-corrected chi connectivity index (χ0v) is 18.6. The maximum Gasteiger partial charge on any atom is 0.403 e. The lowest BCUT2D eigenvalue weighted by atomic mass is 9.98. The molecule has 10 heteroatoms. The number of hydrogen-bond acceptors (Lipinski definition) is 4. The van der Waals surface area contributed by atoms with Crippen molar-refractivity contribution in [2.24, 2.45) is 5.92 Å². The molecule has 2 aromatic carbocycles. The molecule has 3 N–H and O–H groups in total. The highest BCUT2D eigenvalue weighted by Crippen LogP contribution is 2.41. The van der Waals surface area contributed by atoms with Crippen molar-refractivity contribution in [1.82, 2.24) is 0 Å². The van der Waals surface area contributed by atoms with Crippen molar-refractivity contribution in [3.63, 3.8) is 0 Å². The topological polar surface area (TPSA) is 69.9 Å². The molecule has 34 heavy (non-hydrogen) atoms. The Hall–Kier alpha value is -2.30. The van der Waals surface area contributed by atoms with Crippen LogP contribution in [0.2, 0.25) is 0 Å². The van der Waals surface area contributed by atoms with E-state index in [0.29, 0.717) is 36.0 Å². The zero-order valence-electron chi connectivity index (χ0n) is 18.6. The molecule has 0 saturated heterocycles. The monoisotopic (exact) mass is 494 g/mol. The average molecular weight is 494 g/mol. The number of alkyl halides is 6. The van der Waals surface area contributed by atoms with Gasteiger partial charge in [0.25, 0.3) is 0 Å². The number of hydrogen-bond donors (Lipinski definition) is 3. The van der Waals surface area contributed by atoms with Crippen LogP contribution in [-0.4, -0.2) is 40.4 Å².